The normalized spacial score (nSPS) is 15.3. The molecule has 5 heteroatoms. The van der Waals surface area contributed by atoms with Crippen molar-refractivity contribution in [2.75, 3.05) is 5.75 Å². The van der Waals surface area contributed by atoms with Crippen LogP contribution in [-0.4, -0.2) is 27.1 Å². The van der Waals surface area contributed by atoms with Gasteiger partial charge in [0.2, 0.25) is 5.56 Å². The zero-order chi connectivity index (χ0) is 9.84. The molecule has 0 aromatic carbocycles. The molecule has 1 heterocycles. The van der Waals surface area contributed by atoms with Gasteiger partial charge in [0.1, 0.15) is 6.10 Å². The molecular formula is C8H11NO3S. The molecule has 0 saturated carbocycles. The minimum atomic E-state index is -1.01. The Morgan fingerprint density at radius 3 is 2.62 bits per heavy atom. The number of aromatic amines is 1. The van der Waals surface area contributed by atoms with Crippen LogP contribution in [0.25, 0.3) is 0 Å². The molecule has 0 aliphatic rings. The van der Waals surface area contributed by atoms with Crippen molar-refractivity contribution in [3.05, 3.63) is 34.2 Å². The first-order valence-corrected chi connectivity index (χ1v) is 4.44. The first kappa shape index (κ1) is 10.3. The van der Waals surface area contributed by atoms with Gasteiger partial charge in [-0.15, -0.1) is 0 Å². The summed E-state index contributed by atoms with van der Waals surface area (Å²) in [5.74, 6) is 0.167. The third kappa shape index (κ3) is 2.58. The molecule has 0 radical (unpaired) electrons. The second kappa shape index (κ2) is 4.45. The predicted octanol–water partition coefficient (Wildman–Crippen LogP) is -0.301. The SMILES string of the molecule is O=c1ccc(C(O)C(O)CS)c[nH]1. The van der Waals surface area contributed by atoms with Gasteiger partial charge in [-0.25, -0.2) is 0 Å². The van der Waals surface area contributed by atoms with Gasteiger partial charge < -0.3 is 15.2 Å². The molecule has 0 saturated heterocycles. The Hall–Kier alpha value is -0.780. The Bertz CT molecular complexity index is 305. The highest BCUT2D eigenvalue weighted by atomic mass is 32.1. The summed E-state index contributed by atoms with van der Waals surface area (Å²) in [6.07, 6.45) is -0.553. The van der Waals surface area contributed by atoms with E-state index in [1.54, 1.807) is 0 Å². The fraction of sp³-hybridized carbons (Fsp3) is 0.375. The summed E-state index contributed by atoms with van der Waals surface area (Å²) in [5.41, 5.74) is 0.234. The van der Waals surface area contributed by atoms with Gasteiger partial charge in [0, 0.05) is 18.0 Å². The van der Waals surface area contributed by atoms with Crippen LogP contribution in [-0.2, 0) is 0 Å². The molecule has 13 heavy (non-hydrogen) atoms. The van der Waals surface area contributed by atoms with Crippen LogP contribution in [0.1, 0.15) is 11.7 Å². The molecular weight excluding hydrogens is 190 g/mol. The largest absolute Gasteiger partial charge is 0.389 e. The number of thiol groups is 1. The zero-order valence-electron chi connectivity index (χ0n) is 6.84. The maximum atomic E-state index is 10.7. The summed E-state index contributed by atoms with van der Waals surface area (Å²) in [4.78, 5) is 13.1. The van der Waals surface area contributed by atoms with Crippen molar-refractivity contribution in [3.63, 3.8) is 0 Å². The Kier molecular flexibility index (Phi) is 3.53. The summed E-state index contributed by atoms with van der Waals surface area (Å²) >= 11 is 3.84. The third-order valence-corrected chi connectivity index (χ3v) is 2.08. The van der Waals surface area contributed by atoms with Gasteiger partial charge in [-0.05, 0) is 11.6 Å². The van der Waals surface area contributed by atoms with Gasteiger partial charge in [0.25, 0.3) is 0 Å². The highest BCUT2D eigenvalue weighted by Crippen LogP contribution is 2.15. The number of aliphatic hydroxyl groups excluding tert-OH is 2. The van der Waals surface area contributed by atoms with Crippen LogP contribution >= 0.6 is 12.6 Å². The van der Waals surface area contributed by atoms with Crippen molar-refractivity contribution in [1.82, 2.24) is 4.98 Å². The second-order valence-corrected chi connectivity index (χ2v) is 3.05. The Balaban J connectivity index is 2.83. The standard InChI is InChI=1S/C8H11NO3S/c10-6(4-13)8(12)5-1-2-7(11)9-3-5/h1-3,6,8,10,12-13H,4H2,(H,9,11). The fourth-order valence-electron chi connectivity index (χ4n) is 0.929. The van der Waals surface area contributed by atoms with E-state index in [9.17, 15) is 15.0 Å². The second-order valence-electron chi connectivity index (χ2n) is 2.68. The number of aromatic nitrogens is 1. The summed E-state index contributed by atoms with van der Waals surface area (Å²) in [6, 6.07) is 2.76. The lowest BCUT2D eigenvalue weighted by atomic mass is 10.1. The monoisotopic (exact) mass is 201 g/mol. The molecule has 0 aliphatic carbocycles. The van der Waals surface area contributed by atoms with E-state index in [0.29, 0.717) is 5.56 Å². The molecule has 72 valence electrons. The van der Waals surface area contributed by atoms with Crippen LogP contribution in [0.15, 0.2) is 23.1 Å². The van der Waals surface area contributed by atoms with Crippen LogP contribution in [0.2, 0.25) is 0 Å². The molecule has 4 nitrogen and oxygen atoms in total. The number of pyridine rings is 1. The molecule has 0 spiro atoms. The van der Waals surface area contributed by atoms with Crippen LogP contribution in [0.3, 0.4) is 0 Å². The molecule has 2 atom stereocenters. The van der Waals surface area contributed by atoms with Crippen LogP contribution in [0.4, 0.5) is 0 Å². The van der Waals surface area contributed by atoms with Crippen molar-refractivity contribution in [3.8, 4) is 0 Å². The molecule has 0 fully saturated rings. The number of rotatable bonds is 3. The van der Waals surface area contributed by atoms with Crippen LogP contribution in [0, 0.1) is 0 Å². The minimum Gasteiger partial charge on any atom is -0.389 e. The number of hydrogen-bond acceptors (Lipinski definition) is 4. The Morgan fingerprint density at radius 1 is 1.46 bits per heavy atom. The average Bonchev–Trinajstić information content (AvgIpc) is 2.17. The Labute approximate surface area is 80.7 Å². The smallest absolute Gasteiger partial charge is 0.247 e. The van der Waals surface area contributed by atoms with Gasteiger partial charge in [-0.2, -0.15) is 12.6 Å². The highest BCUT2D eigenvalue weighted by Gasteiger charge is 2.16. The lowest BCUT2D eigenvalue weighted by Gasteiger charge is -2.15. The van der Waals surface area contributed by atoms with Crippen molar-refractivity contribution >= 4 is 12.6 Å². The molecule has 0 amide bonds. The molecule has 0 bridgehead atoms. The summed E-state index contributed by atoms with van der Waals surface area (Å²) in [7, 11) is 0. The van der Waals surface area contributed by atoms with E-state index in [1.807, 2.05) is 0 Å². The molecule has 0 aliphatic heterocycles. The molecule has 1 rings (SSSR count). The average molecular weight is 201 g/mol. The zero-order valence-corrected chi connectivity index (χ0v) is 7.74. The fourth-order valence-corrected chi connectivity index (χ4v) is 1.13. The number of nitrogens with one attached hydrogen (secondary N) is 1. The van der Waals surface area contributed by atoms with E-state index in [2.05, 4.69) is 17.6 Å². The van der Waals surface area contributed by atoms with E-state index in [4.69, 9.17) is 0 Å². The maximum Gasteiger partial charge on any atom is 0.247 e. The van der Waals surface area contributed by atoms with E-state index in [0.717, 1.165) is 0 Å². The summed E-state index contributed by atoms with van der Waals surface area (Å²) in [6.45, 7) is 0. The van der Waals surface area contributed by atoms with Gasteiger partial charge in [0.05, 0.1) is 6.10 Å². The van der Waals surface area contributed by atoms with E-state index >= 15 is 0 Å². The van der Waals surface area contributed by atoms with Gasteiger partial charge >= 0.3 is 0 Å². The lowest BCUT2D eigenvalue weighted by Crippen LogP contribution is -2.20. The number of H-pyrrole nitrogens is 1. The number of aliphatic hydroxyl groups is 2. The van der Waals surface area contributed by atoms with Crippen LogP contribution in [0.5, 0.6) is 0 Å². The van der Waals surface area contributed by atoms with E-state index in [1.165, 1.54) is 18.3 Å². The predicted molar refractivity (Wildman–Crippen MR) is 51.9 cm³/mol. The quantitative estimate of drug-likeness (QED) is 0.507. The maximum absolute atomic E-state index is 10.7. The molecule has 1 aromatic rings. The van der Waals surface area contributed by atoms with Crippen molar-refractivity contribution < 1.29 is 10.2 Å². The first-order chi connectivity index (χ1) is 6.15. The van der Waals surface area contributed by atoms with E-state index < -0.39 is 12.2 Å². The van der Waals surface area contributed by atoms with E-state index in [-0.39, 0.29) is 11.3 Å². The van der Waals surface area contributed by atoms with Crippen LogP contribution < -0.4 is 5.56 Å². The van der Waals surface area contributed by atoms with Crippen molar-refractivity contribution in [1.29, 1.82) is 0 Å². The first-order valence-electron chi connectivity index (χ1n) is 3.81. The lowest BCUT2D eigenvalue weighted by molar-refractivity contribution is 0.0335. The molecule has 3 N–H and O–H groups in total. The third-order valence-electron chi connectivity index (χ3n) is 1.70. The summed E-state index contributed by atoms with van der Waals surface area (Å²) < 4.78 is 0. The number of hydrogen-bond donors (Lipinski definition) is 4. The molecule has 2 unspecified atom stereocenters. The summed E-state index contributed by atoms with van der Waals surface area (Å²) in [5, 5.41) is 18.7. The van der Waals surface area contributed by atoms with Gasteiger partial charge in [-0.3, -0.25) is 4.79 Å². The highest BCUT2D eigenvalue weighted by molar-refractivity contribution is 7.80. The Morgan fingerprint density at radius 2 is 2.15 bits per heavy atom. The minimum absolute atomic E-state index is 0.167. The van der Waals surface area contributed by atoms with Gasteiger partial charge in [0.15, 0.2) is 0 Å². The topological polar surface area (TPSA) is 73.3 Å². The van der Waals surface area contributed by atoms with Crippen molar-refractivity contribution in [2.45, 2.75) is 12.2 Å². The molecule has 1 aromatic heterocycles. The van der Waals surface area contributed by atoms with Gasteiger partial charge in [-0.1, -0.05) is 0 Å². The van der Waals surface area contributed by atoms with Crippen molar-refractivity contribution in [2.24, 2.45) is 0 Å².